The molecular weight excluding hydrogens is 244 g/mol. The zero-order valence-electron chi connectivity index (χ0n) is 11.7. The van der Waals surface area contributed by atoms with E-state index < -0.39 is 6.04 Å². The van der Waals surface area contributed by atoms with Crippen LogP contribution in [0.4, 0.5) is 5.69 Å². The zero-order chi connectivity index (χ0) is 14.6. The van der Waals surface area contributed by atoms with Gasteiger partial charge >= 0.3 is 5.97 Å². The molecule has 1 aromatic rings. The summed E-state index contributed by atoms with van der Waals surface area (Å²) in [6.07, 6.45) is 0. The molecule has 0 aliphatic rings. The monoisotopic (exact) mass is 263 g/mol. The van der Waals surface area contributed by atoms with Gasteiger partial charge in [-0.3, -0.25) is 9.59 Å². The van der Waals surface area contributed by atoms with Crippen LogP contribution in [0, 0.1) is 13.8 Å². The molecule has 0 radical (unpaired) electrons. The third kappa shape index (κ3) is 4.37. The molecular formula is C14H19N2O3-. The molecule has 5 nitrogen and oxygen atoms in total. The standard InChI is InChI=1S/C14H19N2O3/c1-8-5-12(7-19-11(4)17)6-9(2)13(8)16-14(18)10(3)15/h5-6,10,15H,7H2,1-4H3,(H,16,18)/q-1. The number of amides is 1. The van der Waals surface area contributed by atoms with Crippen LogP contribution >= 0.6 is 0 Å². The number of hydrogen-bond acceptors (Lipinski definition) is 3. The maximum absolute atomic E-state index is 11.5. The maximum atomic E-state index is 11.5. The summed E-state index contributed by atoms with van der Waals surface area (Å²) in [6, 6.07) is 2.92. The van der Waals surface area contributed by atoms with Crippen LogP contribution < -0.4 is 5.32 Å². The number of nitrogens with one attached hydrogen (secondary N) is 2. The van der Waals surface area contributed by atoms with Crippen LogP contribution in [0.25, 0.3) is 5.73 Å². The molecule has 0 aliphatic carbocycles. The molecule has 0 saturated heterocycles. The smallest absolute Gasteiger partial charge is 0.302 e. The second kappa shape index (κ2) is 6.33. The molecule has 0 aromatic heterocycles. The molecule has 0 bridgehead atoms. The van der Waals surface area contributed by atoms with Gasteiger partial charge in [-0.1, -0.05) is 25.1 Å². The van der Waals surface area contributed by atoms with Crippen LogP contribution in [0.15, 0.2) is 12.1 Å². The van der Waals surface area contributed by atoms with Crippen LogP contribution in [-0.2, 0) is 20.9 Å². The van der Waals surface area contributed by atoms with Crippen molar-refractivity contribution >= 4 is 17.6 Å². The number of rotatable bonds is 4. The van der Waals surface area contributed by atoms with Gasteiger partial charge in [-0.15, -0.1) is 0 Å². The lowest BCUT2D eigenvalue weighted by atomic mass is 10.0. The maximum Gasteiger partial charge on any atom is 0.302 e. The molecule has 2 N–H and O–H groups in total. The number of benzene rings is 1. The largest absolute Gasteiger partial charge is 0.667 e. The summed E-state index contributed by atoms with van der Waals surface area (Å²) >= 11 is 0. The van der Waals surface area contributed by atoms with Gasteiger partial charge in [0.05, 0.1) is 0 Å². The SMILES string of the molecule is CC(=O)OCc1cc(C)c(NC(=O)C(C)[NH-])c(C)c1. The van der Waals surface area contributed by atoms with Crippen LogP contribution in [0.1, 0.15) is 30.5 Å². The van der Waals surface area contributed by atoms with E-state index in [9.17, 15) is 9.59 Å². The predicted molar refractivity (Wildman–Crippen MR) is 73.8 cm³/mol. The van der Waals surface area contributed by atoms with E-state index in [0.717, 1.165) is 22.4 Å². The predicted octanol–water partition coefficient (Wildman–Crippen LogP) is 2.75. The minimum Gasteiger partial charge on any atom is -0.667 e. The van der Waals surface area contributed by atoms with Gasteiger partial charge in [0, 0.05) is 12.6 Å². The summed E-state index contributed by atoms with van der Waals surface area (Å²) in [4.78, 5) is 22.3. The molecule has 1 unspecified atom stereocenters. The fraction of sp³-hybridized carbons (Fsp3) is 0.429. The van der Waals surface area contributed by atoms with E-state index in [4.69, 9.17) is 10.5 Å². The summed E-state index contributed by atoms with van der Waals surface area (Å²) in [5.74, 6) is -0.658. The highest BCUT2D eigenvalue weighted by Gasteiger charge is 2.09. The molecule has 19 heavy (non-hydrogen) atoms. The summed E-state index contributed by atoms with van der Waals surface area (Å²) in [5.41, 5.74) is 10.7. The average Bonchev–Trinajstić information content (AvgIpc) is 2.30. The third-order valence-electron chi connectivity index (χ3n) is 2.68. The van der Waals surface area contributed by atoms with Crippen molar-refractivity contribution in [3.8, 4) is 0 Å². The molecule has 5 heteroatoms. The first kappa shape index (κ1) is 15.2. The number of carbonyl (C=O) groups is 2. The summed E-state index contributed by atoms with van der Waals surface area (Å²) < 4.78 is 4.94. The van der Waals surface area contributed by atoms with E-state index in [1.165, 1.54) is 13.8 Å². The quantitative estimate of drug-likeness (QED) is 0.848. The first-order valence-electron chi connectivity index (χ1n) is 6.06. The van der Waals surface area contributed by atoms with Crippen LogP contribution in [-0.4, -0.2) is 17.9 Å². The van der Waals surface area contributed by atoms with E-state index in [1.54, 1.807) is 0 Å². The van der Waals surface area contributed by atoms with Crippen molar-refractivity contribution in [3.05, 3.63) is 34.6 Å². The normalized spacial score (nSPS) is 11.8. The molecule has 0 aliphatic heterocycles. The Morgan fingerprint density at radius 2 is 1.84 bits per heavy atom. The second-order valence-corrected chi connectivity index (χ2v) is 4.60. The number of anilines is 1. The Kier molecular flexibility index (Phi) is 5.06. The van der Waals surface area contributed by atoms with E-state index in [1.807, 2.05) is 26.0 Å². The third-order valence-corrected chi connectivity index (χ3v) is 2.68. The van der Waals surface area contributed by atoms with Gasteiger partial charge in [0.1, 0.15) is 6.61 Å². The molecule has 0 saturated carbocycles. The summed E-state index contributed by atoms with van der Waals surface area (Å²) in [5, 5.41) is 2.74. The van der Waals surface area contributed by atoms with E-state index in [2.05, 4.69) is 5.32 Å². The van der Waals surface area contributed by atoms with Crippen molar-refractivity contribution in [2.45, 2.75) is 40.3 Å². The van der Waals surface area contributed by atoms with Gasteiger partial charge in [-0.2, -0.15) is 0 Å². The summed E-state index contributed by atoms with van der Waals surface area (Å²) in [6.45, 7) is 6.85. The lowest BCUT2D eigenvalue weighted by Crippen LogP contribution is -2.22. The van der Waals surface area contributed by atoms with E-state index in [-0.39, 0.29) is 18.5 Å². The Bertz CT molecular complexity index is 472. The van der Waals surface area contributed by atoms with Crippen molar-refractivity contribution in [1.82, 2.24) is 0 Å². The zero-order valence-corrected chi connectivity index (χ0v) is 11.7. The second-order valence-electron chi connectivity index (χ2n) is 4.60. The number of carbonyl (C=O) groups excluding carboxylic acids is 2. The fourth-order valence-corrected chi connectivity index (χ4v) is 1.75. The Morgan fingerprint density at radius 3 is 2.26 bits per heavy atom. The Balaban J connectivity index is 2.91. The Hall–Kier alpha value is -1.88. The van der Waals surface area contributed by atoms with Crippen molar-refractivity contribution in [2.75, 3.05) is 5.32 Å². The minimum absolute atomic E-state index is 0.222. The van der Waals surface area contributed by atoms with Gasteiger partial charge in [-0.25, -0.2) is 0 Å². The molecule has 104 valence electrons. The number of aryl methyl sites for hydroxylation is 2. The van der Waals surface area contributed by atoms with Crippen LogP contribution in [0.2, 0.25) is 0 Å². The van der Waals surface area contributed by atoms with Crippen molar-refractivity contribution in [1.29, 1.82) is 0 Å². The average molecular weight is 263 g/mol. The molecule has 1 rings (SSSR count). The van der Waals surface area contributed by atoms with Crippen LogP contribution in [0.5, 0.6) is 0 Å². The van der Waals surface area contributed by atoms with Gasteiger partial charge in [0.2, 0.25) is 5.91 Å². The highest BCUT2D eigenvalue weighted by Crippen LogP contribution is 2.23. The molecule has 0 spiro atoms. The van der Waals surface area contributed by atoms with Crippen molar-refractivity contribution in [2.24, 2.45) is 0 Å². The molecule has 1 atom stereocenters. The Labute approximate surface area is 113 Å². The highest BCUT2D eigenvalue weighted by molar-refractivity contribution is 5.96. The first-order chi connectivity index (χ1) is 8.81. The topological polar surface area (TPSA) is 79.2 Å². The van der Waals surface area contributed by atoms with Gasteiger partial charge < -0.3 is 15.8 Å². The van der Waals surface area contributed by atoms with Crippen molar-refractivity contribution < 1.29 is 14.3 Å². The van der Waals surface area contributed by atoms with E-state index >= 15 is 0 Å². The first-order valence-corrected chi connectivity index (χ1v) is 6.06. The lowest BCUT2D eigenvalue weighted by Gasteiger charge is -2.18. The van der Waals surface area contributed by atoms with Crippen molar-refractivity contribution in [3.63, 3.8) is 0 Å². The number of hydrogen-bond donors (Lipinski definition) is 1. The summed E-state index contributed by atoms with van der Waals surface area (Å²) in [7, 11) is 0. The fourth-order valence-electron chi connectivity index (χ4n) is 1.75. The molecule has 0 heterocycles. The number of esters is 1. The molecule has 1 amide bonds. The lowest BCUT2D eigenvalue weighted by molar-refractivity contribution is -0.142. The molecule has 0 fully saturated rings. The van der Waals surface area contributed by atoms with Crippen LogP contribution in [0.3, 0.4) is 0 Å². The van der Waals surface area contributed by atoms with Gasteiger partial charge in [0.25, 0.3) is 0 Å². The minimum atomic E-state index is -0.806. The Morgan fingerprint density at radius 1 is 1.32 bits per heavy atom. The van der Waals surface area contributed by atoms with Gasteiger partial charge in [0.15, 0.2) is 0 Å². The van der Waals surface area contributed by atoms with Gasteiger partial charge in [-0.05, 0) is 30.5 Å². The number of ether oxygens (including phenoxy) is 1. The highest BCUT2D eigenvalue weighted by atomic mass is 16.5. The van der Waals surface area contributed by atoms with E-state index in [0.29, 0.717) is 0 Å². The molecule has 1 aromatic carbocycles.